The first-order chi connectivity index (χ1) is 15.0. The lowest BCUT2D eigenvalue weighted by Gasteiger charge is -2.15. The highest BCUT2D eigenvalue weighted by Crippen LogP contribution is 2.30. The van der Waals surface area contributed by atoms with Gasteiger partial charge in [-0.15, -0.1) is 0 Å². The van der Waals surface area contributed by atoms with Crippen molar-refractivity contribution < 1.29 is 13.9 Å². The molecule has 1 heterocycles. The zero-order valence-electron chi connectivity index (χ0n) is 17.0. The Labute approximate surface area is 183 Å². The molecule has 0 N–H and O–H groups in total. The molecule has 1 aromatic heterocycles. The van der Waals surface area contributed by atoms with Crippen LogP contribution in [0.1, 0.15) is 29.8 Å². The molecule has 156 valence electrons. The summed E-state index contributed by atoms with van der Waals surface area (Å²) in [6.45, 7) is 3.88. The van der Waals surface area contributed by atoms with Gasteiger partial charge in [-0.1, -0.05) is 41.7 Å². The van der Waals surface area contributed by atoms with Gasteiger partial charge in [0.05, 0.1) is 22.5 Å². The van der Waals surface area contributed by atoms with Gasteiger partial charge in [0.15, 0.2) is 0 Å². The van der Waals surface area contributed by atoms with Crippen molar-refractivity contribution >= 4 is 38.8 Å². The number of benzene rings is 3. The number of halogens is 1. The number of thiazole rings is 1. The highest BCUT2D eigenvalue weighted by Gasteiger charge is 2.21. The highest BCUT2D eigenvalue weighted by molar-refractivity contribution is 7.22. The second kappa shape index (κ2) is 9.06. The Bertz CT molecular complexity index is 1220. The zero-order chi connectivity index (χ0) is 21.8. The number of aromatic nitrogens is 1. The molecule has 7 heteroatoms. The van der Waals surface area contributed by atoms with E-state index in [0.29, 0.717) is 26.7 Å². The number of hydrogen-bond acceptors (Lipinski definition) is 5. The fraction of sp³-hybridized carbons (Fsp3) is 0.125. The van der Waals surface area contributed by atoms with Gasteiger partial charge in [0, 0.05) is 5.56 Å². The van der Waals surface area contributed by atoms with Gasteiger partial charge in [-0.2, -0.15) is 10.1 Å². The van der Waals surface area contributed by atoms with E-state index < -0.39 is 0 Å². The summed E-state index contributed by atoms with van der Waals surface area (Å²) in [7, 11) is 0. The Morgan fingerprint density at radius 1 is 1.10 bits per heavy atom. The van der Waals surface area contributed by atoms with Crippen molar-refractivity contribution in [2.45, 2.75) is 20.0 Å². The van der Waals surface area contributed by atoms with Crippen LogP contribution in [-0.4, -0.2) is 23.2 Å². The molecule has 1 amide bonds. The van der Waals surface area contributed by atoms with E-state index in [1.807, 2.05) is 44.2 Å². The Morgan fingerprint density at radius 2 is 1.84 bits per heavy atom. The van der Waals surface area contributed by atoms with Gasteiger partial charge in [-0.05, 0) is 61.9 Å². The molecular formula is C24H20FN3O2S. The Kier molecular flexibility index (Phi) is 6.04. The predicted octanol–water partition coefficient (Wildman–Crippen LogP) is 5.90. The van der Waals surface area contributed by atoms with Crippen LogP contribution in [-0.2, 0) is 0 Å². The molecule has 5 nitrogen and oxygen atoms in total. The molecule has 0 aliphatic heterocycles. The first kappa shape index (κ1) is 20.7. The van der Waals surface area contributed by atoms with Crippen LogP contribution in [0.2, 0.25) is 0 Å². The van der Waals surface area contributed by atoms with Crippen LogP contribution in [0.4, 0.5) is 9.52 Å². The summed E-state index contributed by atoms with van der Waals surface area (Å²) >= 11 is 1.20. The van der Waals surface area contributed by atoms with E-state index in [1.165, 1.54) is 28.5 Å². The number of fused-ring (bicyclic) bond motifs is 1. The lowest BCUT2D eigenvalue weighted by atomic mass is 10.2. The smallest absolute Gasteiger partial charge is 0.280 e. The van der Waals surface area contributed by atoms with Gasteiger partial charge >= 0.3 is 0 Å². The van der Waals surface area contributed by atoms with Crippen molar-refractivity contribution in [2.75, 3.05) is 5.01 Å². The van der Waals surface area contributed by atoms with Crippen molar-refractivity contribution in [3.63, 3.8) is 0 Å². The van der Waals surface area contributed by atoms with E-state index in [1.54, 1.807) is 36.5 Å². The molecule has 0 atom stereocenters. The average molecular weight is 434 g/mol. The van der Waals surface area contributed by atoms with Crippen molar-refractivity contribution in [1.29, 1.82) is 0 Å². The molecule has 0 unspecified atom stereocenters. The summed E-state index contributed by atoms with van der Waals surface area (Å²) in [5, 5.41) is 6.02. The summed E-state index contributed by atoms with van der Waals surface area (Å²) in [6, 6.07) is 20.7. The summed E-state index contributed by atoms with van der Waals surface area (Å²) in [6.07, 6.45) is 1.64. The molecule has 0 aliphatic rings. The minimum absolute atomic E-state index is 0.0386. The van der Waals surface area contributed by atoms with Crippen molar-refractivity contribution in [3.05, 3.63) is 89.7 Å². The lowest BCUT2D eigenvalue weighted by Crippen LogP contribution is -2.25. The summed E-state index contributed by atoms with van der Waals surface area (Å²) < 4.78 is 19.9. The van der Waals surface area contributed by atoms with Gasteiger partial charge in [-0.3, -0.25) is 4.79 Å². The van der Waals surface area contributed by atoms with Crippen molar-refractivity contribution in [3.8, 4) is 5.75 Å². The number of hydrogen-bond donors (Lipinski definition) is 0. The maximum absolute atomic E-state index is 13.6. The van der Waals surface area contributed by atoms with Crippen LogP contribution >= 0.6 is 11.3 Å². The third-order valence-electron chi connectivity index (χ3n) is 4.31. The standard InChI is InChI=1S/C24H20FN3O2S/c1-16(2)30-20-11-8-18(9-12-20)23(29)28(26-15-17-6-4-3-5-7-17)24-27-21-13-10-19(25)14-22(21)31-24/h3-16H,1-2H3/b26-15+. The van der Waals surface area contributed by atoms with Gasteiger partial charge in [0.1, 0.15) is 11.6 Å². The summed E-state index contributed by atoms with van der Waals surface area (Å²) in [5.74, 6) is -0.0155. The topological polar surface area (TPSA) is 54.8 Å². The Hall–Kier alpha value is -3.58. The van der Waals surface area contributed by atoms with Crippen molar-refractivity contribution in [1.82, 2.24) is 4.98 Å². The van der Waals surface area contributed by atoms with Crippen molar-refractivity contribution in [2.24, 2.45) is 5.10 Å². The summed E-state index contributed by atoms with van der Waals surface area (Å²) in [4.78, 5) is 17.8. The van der Waals surface area contributed by atoms with Crippen LogP contribution in [0, 0.1) is 5.82 Å². The van der Waals surface area contributed by atoms with E-state index in [9.17, 15) is 9.18 Å². The number of amides is 1. The molecule has 0 radical (unpaired) electrons. The lowest BCUT2D eigenvalue weighted by molar-refractivity contribution is 0.0988. The van der Waals surface area contributed by atoms with Crippen LogP contribution < -0.4 is 9.75 Å². The van der Waals surface area contributed by atoms with Gasteiger partial charge < -0.3 is 4.74 Å². The van der Waals surface area contributed by atoms with E-state index in [-0.39, 0.29) is 17.8 Å². The largest absolute Gasteiger partial charge is 0.491 e. The first-order valence-electron chi connectivity index (χ1n) is 9.76. The second-order valence-corrected chi connectivity index (χ2v) is 8.08. The van der Waals surface area contributed by atoms with E-state index >= 15 is 0 Å². The number of nitrogens with zero attached hydrogens (tertiary/aromatic N) is 3. The number of carbonyl (C=O) groups is 1. The fourth-order valence-corrected chi connectivity index (χ4v) is 3.85. The molecule has 0 bridgehead atoms. The Morgan fingerprint density at radius 3 is 2.55 bits per heavy atom. The first-order valence-corrected chi connectivity index (χ1v) is 10.6. The number of anilines is 1. The monoisotopic (exact) mass is 433 g/mol. The molecule has 31 heavy (non-hydrogen) atoms. The average Bonchev–Trinajstić information content (AvgIpc) is 3.17. The van der Waals surface area contributed by atoms with Crippen LogP contribution in [0.5, 0.6) is 5.75 Å². The Balaban J connectivity index is 1.70. The van der Waals surface area contributed by atoms with E-state index in [2.05, 4.69) is 10.1 Å². The van der Waals surface area contributed by atoms with Crippen LogP contribution in [0.25, 0.3) is 10.2 Å². The molecule has 0 aliphatic carbocycles. The second-order valence-electron chi connectivity index (χ2n) is 7.07. The maximum Gasteiger partial charge on any atom is 0.280 e. The maximum atomic E-state index is 13.6. The molecule has 0 fully saturated rings. The third kappa shape index (κ3) is 4.95. The number of carbonyl (C=O) groups excluding carboxylic acids is 1. The third-order valence-corrected chi connectivity index (χ3v) is 5.30. The van der Waals surface area contributed by atoms with E-state index in [0.717, 1.165) is 5.56 Å². The molecule has 0 spiro atoms. The SMILES string of the molecule is CC(C)Oc1ccc(C(=O)N(/N=C/c2ccccc2)c2nc3ccc(F)cc3s2)cc1. The molecule has 0 saturated heterocycles. The fourth-order valence-electron chi connectivity index (χ4n) is 2.90. The van der Waals surface area contributed by atoms with Crippen LogP contribution in [0.3, 0.4) is 0 Å². The minimum atomic E-state index is -0.353. The molecule has 4 aromatic rings. The summed E-state index contributed by atoms with van der Waals surface area (Å²) in [5.41, 5.74) is 1.88. The number of rotatable bonds is 6. The molecule has 3 aromatic carbocycles. The minimum Gasteiger partial charge on any atom is -0.491 e. The van der Waals surface area contributed by atoms with Gasteiger partial charge in [0.25, 0.3) is 5.91 Å². The highest BCUT2D eigenvalue weighted by atomic mass is 32.1. The molecular weight excluding hydrogens is 413 g/mol. The molecule has 4 rings (SSSR count). The van der Waals surface area contributed by atoms with E-state index in [4.69, 9.17) is 4.74 Å². The van der Waals surface area contributed by atoms with Crippen LogP contribution in [0.15, 0.2) is 77.9 Å². The number of hydrazone groups is 1. The van der Waals surface area contributed by atoms with Gasteiger partial charge in [0.2, 0.25) is 5.13 Å². The number of ether oxygens (including phenoxy) is 1. The quantitative estimate of drug-likeness (QED) is 0.281. The normalized spacial score (nSPS) is 11.4. The van der Waals surface area contributed by atoms with Gasteiger partial charge in [-0.25, -0.2) is 9.37 Å². The predicted molar refractivity (Wildman–Crippen MR) is 123 cm³/mol. The molecule has 0 saturated carbocycles. The zero-order valence-corrected chi connectivity index (χ0v) is 17.8.